The molecule has 1 aliphatic heterocycles. The number of carbonyl (C=O) groups is 1. The summed E-state index contributed by atoms with van der Waals surface area (Å²) in [5.74, 6) is 2.92. The normalized spacial score (nSPS) is 25.6. The predicted octanol–water partition coefficient (Wildman–Crippen LogP) is 4.78. The van der Waals surface area contributed by atoms with Gasteiger partial charge in [-0.05, 0) is 25.2 Å². The van der Waals surface area contributed by atoms with Gasteiger partial charge in [-0.3, -0.25) is 4.79 Å². The molecule has 0 spiro atoms. The van der Waals surface area contributed by atoms with Crippen molar-refractivity contribution in [3.05, 3.63) is 42.0 Å². The van der Waals surface area contributed by atoms with Crippen LogP contribution >= 0.6 is 0 Å². The molecule has 1 aliphatic carbocycles. The number of hydrogen-bond acceptors (Lipinski definition) is 3. The molecule has 2 aromatic rings. The molecular weight excluding hydrogens is 312 g/mol. The van der Waals surface area contributed by atoms with Crippen molar-refractivity contribution in [2.45, 2.75) is 52.0 Å². The molecule has 25 heavy (non-hydrogen) atoms. The fourth-order valence-corrected chi connectivity index (χ4v) is 3.85. The van der Waals surface area contributed by atoms with E-state index in [1.165, 1.54) is 0 Å². The van der Waals surface area contributed by atoms with E-state index in [2.05, 4.69) is 32.9 Å². The highest BCUT2D eigenvalue weighted by Crippen LogP contribution is 2.44. The Morgan fingerprint density at radius 2 is 2.00 bits per heavy atom. The number of likely N-dealkylation sites (tertiary alicyclic amines) is 1. The van der Waals surface area contributed by atoms with E-state index in [1.54, 1.807) is 0 Å². The number of carbonyl (C=O) groups excluding carboxylic acids is 1. The molecule has 4 heteroatoms. The van der Waals surface area contributed by atoms with Crippen LogP contribution in [0.2, 0.25) is 0 Å². The maximum atomic E-state index is 12.8. The number of rotatable bonds is 4. The summed E-state index contributed by atoms with van der Waals surface area (Å²) in [6, 6.07) is 10.2. The van der Waals surface area contributed by atoms with E-state index in [4.69, 9.17) is 9.40 Å². The summed E-state index contributed by atoms with van der Waals surface area (Å²) in [7, 11) is 0. The van der Waals surface area contributed by atoms with Crippen molar-refractivity contribution in [3.8, 4) is 11.3 Å². The zero-order valence-corrected chi connectivity index (χ0v) is 15.2. The van der Waals surface area contributed by atoms with Crippen LogP contribution in [0.15, 0.2) is 34.7 Å². The first-order valence-electron chi connectivity index (χ1n) is 9.42. The van der Waals surface area contributed by atoms with Crippen molar-refractivity contribution in [3.63, 3.8) is 0 Å². The van der Waals surface area contributed by atoms with Crippen molar-refractivity contribution in [1.82, 2.24) is 9.88 Å². The zero-order valence-electron chi connectivity index (χ0n) is 15.2. The Kier molecular flexibility index (Phi) is 4.14. The van der Waals surface area contributed by atoms with Gasteiger partial charge in [0.15, 0.2) is 0 Å². The minimum atomic E-state index is -0.00439. The number of aromatic nitrogens is 1. The molecule has 1 aromatic heterocycles. The summed E-state index contributed by atoms with van der Waals surface area (Å²) in [6.07, 6.45) is 3.00. The molecule has 132 valence electrons. The van der Waals surface area contributed by atoms with Crippen LogP contribution < -0.4 is 0 Å². The van der Waals surface area contributed by atoms with Gasteiger partial charge in [-0.2, -0.15) is 0 Å². The van der Waals surface area contributed by atoms with Gasteiger partial charge in [0.2, 0.25) is 11.8 Å². The van der Waals surface area contributed by atoms with Crippen LogP contribution in [0.3, 0.4) is 0 Å². The second-order valence-electron chi connectivity index (χ2n) is 7.79. The van der Waals surface area contributed by atoms with Gasteiger partial charge in [0, 0.05) is 23.9 Å². The largest absolute Gasteiger partial charge is 0.442 e. The molecule has 3 unspecified atom stereocenters. The smallest absolute Gasteiger partial charge is 0.226 e. The summed E-state index contributed by atoms with van der Waals surface area (Å²) in [4.78, 5) is 19.6. The second-order valence-corrected chi connectivity index (χ2v) is 7.79. The van der Waals surface area contributed by atoms with Crippen LogP contribution in [0.25, 0.3) is 11.3 Å². The van der Waals surface area contributed by atoms with E-state index in [0.717, 1.165) is 42.8 Å². The number of benzene rings is 1. The first kappa shape index (κ1) is 16.4. The zero-order chi connectivity index (χ0) is 17.6. The highest BCUT2D eigenvalue weighted by molar-refractivity contribution is 5.82. The minimum Gasteiger partial charge on any atom is -0.442 e. The van der Waals surface area contributed by atoms with E-state index in [0.29, 0.717) is 17.7 Å². The number of nitrogens with zero attached hydrogens (tertiary/aromatic N) is 2. The highest BCUT2D eigenvalue weighted by atomic mass is 16.4. The molecule has 0 bridgehead atoms. The maximum Gasteiger partial charge on any atom is 0.226 e. The molecule has 1 saturated carbocycles. The number of hydrogen-bond donors (Lipinski definition) is 0. The third kappa shape index (κ3) is 2.99. The minimum absolute atomic E-state index is 0.00439. The second kappa shape index (κ2) is 6.32. The van der Waals surface area contributed by atoms with Gasteiger partial charge >= 0.3 is 0 Å². The molecule has 4 rings (SSSR count). The first-order chi connectivity index (χ1) is 12.1. The van der Waals surface area contributed by atoms with Crippen molar-refractivity contribution in [1.29, 1.82) is 0 Å². The van der Waals surface area contributed by atoms with E-state index < -0.39 is 0 Å². The average Bonchev–Trinajstić information content (AvgIpc) is 3.05. The van der Waals surface area contributed by atoms with Crippen molar-refractivity contribution in [2.75, 3.05) is 6.54 Å². The van der Waals surface area contributed by atoms with Crippen LogP contribution in [0.1, 0.15) is 63.6 Å². The summed E-state index contributed by atoms with van der Waals surface area (Å²) in [5.41, 5.74) is 2.00. The molecule has 2 aliphatic rings. The van der Waals surface area contributed by atoms with Gasteiger partial charge in [-0.25, -0.2) is 4.98 Å². The highest BCUT2D eigenvalue weighted by Gasteiger charge is 2.45. The Morgan fingerprint density at radius 3 is 2.64 bits per heavy atom. The van der Waals surface area contributed by atoms with E-state index in [9.17, 15) is 4.79 Å². The van der Waals surface area contributed by atoms with E-state index in [1.807, 2.05) is 23.1 Å². The quantitative estimate of drug-likeness (QED) is 0.805. The van der Waals surface area contributed by atoms with Gasteiger partial charge in [0.1, 0.15) is 17.5 Å². The van der Waals surface area contributed by atoms with Crippen LogP contribution in [0, 0.1) is 11.8 Å². The maximum absolute atomic E-state index is 12.8. The van der Waals surface area contributed by atoms with Crippen molar-refractivity contribution < 1.29 is 9.21 Å². The summed E-state index contributed by atoms with van der Waals surface area (Å²) in [5, 5.41) is 0. The van der Waals surface area contributed by atoms with Gasteiger partial charge < -0.3 is 9.32 Å². The molecule has 3 atom stereocenters. The van der Waals surface area contributed by atoms with E-state index in [-0.39, 0.29) is 17.9 Å². The SMILES string of the molecule is CC(C)c1oc(C2CCCN2C(=O)C2CC2C)nc1-c1ccccc1. The lowest BCUT2D eigenvalue weighted by molar-refractivity contribution is -0.134. The van der Waals surface area contributed by atoms with Gasteiger partial charge in [-0.1, -0.05) is 51.1 Å². The number of oxazole rings is 1. The van der Waals surface area contributed by atoms with Crippen LogP contribution in [-0.4, -0.2) is 22.3 Å². The van der Waals surface area contributed by atoms with Crippen LogP contribution in [0.4, 0.5) is 0 Å². The lowest BCUT2D eigenvalue weighted by atomic mass is 10.0. The third-order valence-corrected chi connectivity index (χ3v) is 5.49. The Hall–Kier alpha value is -2.10. The molecule has 1 aromatic carbocycles. The monoisotopic (exact) mass is 338 g/mol. The standard InChI is InChI=1S/C21H26N2O2/c1-13(2)19-18(15-8-5-4-6-9-15)22-20(25-19)17-10-7-11-23(17)21(24)16-12-14(16)3/h4-6,8-9,13-14,16-17H,7,10-12H2,1-3H3. The molecule has 0 N–H and O–H groups in total. The Morgan fingerprint density at radius 1 is 1.28 bits per heavy atom. The fraction of sp³-hybridized carbons (Fsp3) is 0.524. The third-order valence-electron chi connectivity index (χ3n) is 5.49. The Bertz CT molecular complexity index is 765. The molecule has 0 radical (unpaired) electrons. The fourth-order valence-electron chi connectivity index (χ4n) is 3.85. The molecule has 4 nitrogen and oxygen atoms in total. The summed E-state index contributed by atoms with van der Waals surface area (Å²) >= 11 is 0. The molecular formula is C21H26N2O2. The lowest BCUT2D eigenvalue weighted by Gasteiger charge is -2.22. The summed E-state index contributed by atoms with van der Waals surface area (Å²) in [6.45, 7) is 7.23. The molecule has 1 amide bonds. The molecule has 2 heterocycles. The first-order valence-corrected chi connectivity index (χ1v) is 9.42. The van der Waals surface area contributed by atoms with Gasteiger partial charge in [0.05, 0.1) is 0 Å². The number of amides is 1. The van der Waals surface area contributed by atoms with Crippen LogP contribution in [-0.2, 0) is 4.79 Å². The average molecular weight is 338 g/mol. The Labute approximate surface area is 149 Å². The van der Waals surface area contributed by atoms with Gasteiger partial charge in [-0.15, -0.1) is 0 Å². The topological polar surface area (TPSA) is 46.3 Å². The van der Waals surface area contributed by atoms with Gasteiger partial charge in [0.25, 0.3) is 0 Å². The molecule has 2 fully saturated rings. The van der Waals surface area contributed by atoms with Crippen molar-refractivity contribution in [2.24, 2.45) is 11.8 Å². The van der Waals surface area contributed by atoms with Crippen molar-refractivity contribution >= 4 is 5.91 Å². The predicted molar refractivity (Wildman–Crippen MR) is 97.0 cm³/mol. The van der Waals surface area contributed by atoms with E-state index >= 15 is 0 Å². The lowest BCUT2D eigenvalue weighted by Crippen LogP contribution is -2.32. The van der Waals surface area contributed by atoms with Crippen LogP contribution in [0.5, 0.6) is 0 Å². The molecule has 1 saturated heterocycles. The summed E-state index contributed by atoms with van der Waals surface area (Å²) < 4.78 is 6.22. The Balaban J connectivity index is 1.67.